The van der Waals surface area contributed by atoms with E-state index in [-0.39, 0.29) is 0 Å². The van der Waals surface area contributed by atoms with E-state index in [0.29, 0.717) is 6.04 Å². The van der Waals surface area contributed by atoms with Crippen LogP contribution in [0, 0.1) is 0 Å². The molecule has 1 aromatic rings. The van der Waals surface area contributed by atoms with E-state index in [1.807, 2.05) is 7.05 Å². The van der Waals surface area contributed by atoms with Gasteiger partial charge in [-0.3, -0.25) is 0 Å². The molecule has 0 amide bonds. The quantitative estimate of drug-likeness (QED) is 0.709. The van der Waals surface area contributed by atoms with Crippen LogP contribution in [0.5, 0.6) is 5.75 Å². The lowest BCUT2D eigenvalue weighted by molar-refractivity contribution is 0.258. The first-order valence-corrected chi connectivity index (χ1v) is 7.87. The molecule has 0 bridgehead atoms. The molecule has 0 radical (unpaired) electrons. The summed E-state index contributed by atoms with van der Waals surface area (Å²) >= 11 is 0. The van der Waals surface area contributed by atoms with E-state index in [2.05, 4.69) is 55.3 Å². The molecule has 3 nitrogen and oxygen atoms in total. The molecule has 0 heterocycles. The molecule has 0 aromatic heterocycles. The van der Waals surface area contributed by atoms with Crippen molar-refractivity contribution in [3.8, 4) is 5.75 Å². The van der Waals surface area contributed by atoms with Gasteiger partial charge in [-0.25, -0.2) is 0 Å². The topological polar surface area (TPSA) is 24.5 Å². The average Bonchev–Trinajstić information content (AvgIpc) is 2.50. The Labute approximate surface area is 124 Å². The molecule has 0 aliphatic rings. The van der Waals surface area contributed by atoms with Crippen LogP contribution in [0.4, 0.5) is 0 Å². The number of hydrogen-bond acceptors (Lipinski definition) is 3. The van der Waals surface area contributed by atoms with E-state index in [1.54, 1.807) is 0 Å². The van der Waals surface area contributed by atoms with E-state index in [1.165, 1.54) is 12.0 Å². The first kappa shape index (κ1) is 17.0. The van der Waals surface area contributed by atoms with Gasteiger partial charge in [0.25, 0.3) is 0 Å². The number of nitrogens with zero attached hydrogens (tertiary/aromatic N) is 1. The lowest BCUT2D eigenvalue weighted by Crippen LogP contribution is -2.34. The van der Waals surface area contributed by atoms with Gasteiger partial charge in [-0.1, -0.05) is 32.9 Å². The summed E-state index contributed by atoms with van der Waals surface area (Å²) in [7, 11) is 2.03. The fourth-order valence-electron chi connectivity index (χ4n) is 2.33. The van der Waals surface area contributed by atoms with E-state index >= 15 is 0 Å². The maximum atomic E-state index is 5.63. The minimum atomic E-state index is 0.377. The highest BCUT2D eigenvalue weighted by Gasteiger charge is 2.13. The second kappa shape index (κ2) is 9.78. The minimum absolute atomic E-state index is 0.377. The van der Waals surface area contributed by atoms with Crippen LogP contribution in [0.2, 0.25) is 0 Å². The van der Waals surface area contributed by atoms with Gasteiger partial charge in [0.05, 0.1) is 6.61 Å². The van der Waals surface area contributed by atoms with Crippen LogP contribution in [0.15, 0.2) is 24.3 Å². The zero-order chi connectivity index (χ0) is 14.8. The highest BCUT2D eigenvalue weighted by Crippen LogP contribution is 2.19. The molecule has 20 heavy (non-hydrogen) atoms. The Bertz CT molecular complexity index is 351. The van der Waals surface area contributed by atoms with Crippen molar-refractivity contribution in [2.24, 2.45) is 0 Å². The zero-order valence-corrected chi connectivity index (χ0v) is 13.5. The number of ether oxygens (including phenoxy) is 1. The van der Waals surface area contributed by atoms with Crippen molar-refractivity contribution in [1.29, 1.82) is 0 Å². The Kier molecular flexibility index (Phi) is 8.31. The number of nitrogens with one attached hydrogen (secondary N) is 1. The summed E-state index contributed by atoms with van der Waals surface area (Å²) in [6.45, 7) is 10.7. The van der Waals surface area contributed by atoms with Gasteiger partial charge < -0.3 is 15.0 Å². The predicted octanol–water partition coefficient (Wildman–Crippen LogP) is 3.47. The number of rotatable bonds is 10. The molecule has 114 valence electrons. The molecular formula is C17H30N2O. The first-order valence-electron chi connectivity index (χ1n) is 7.87. The van der Waals surface area contributed by atoms with Gasteiger partial charge in [-0.05, 0) is 50.7 Å². The van der Waals surface area contributed by atoms with Crippen molar-refractivity contribution in [3.05, 3.63) is 29.8 Å². The number of hydrogen-bond donors (Lipinski definition) is 1. The average molecular weight is 278 g/mol. The van der Waals surface area contributed by atoms with E-state index in [9.17, 15) is 0 Å². The van der Waals surface area contributed by atoms with Crippen LogP contribution in [0.3, 0.4) is 0 Å². The van der Waals surface area contributed by atoms with Crippen LogP contribution in [0.25, 0.3) is 0 Å². The Morgan fingerprint density at radius 1 is 1.10 bits per heavy atom. The third-order valence-electron chi connectivity index (χ3n) is 3.53. The van der Waals surface area contributed by atoms with E-state index < -0.39 is 0 Å². The van der Waals surface area contributed by atoms with Crippen LogP contribution in [-0.4, -0.2) is 38.2 Å². The molecular weight excluding hydrogens is 248 g/mol. The highest BCUT2D eigenvalue weighted by atomic mass is 16.5. The normalized spacial score (nSPS) is 12.7. The number of likely N-dealkylation sites (N-methyl/N-ethyl adjacent to an activating group) is 2. The molecule has 1 N–H and O–H groups in total. The van der Waals surface area contributed by atoms with Crippen LogP contribution in [0.1, 0.15) is 45.2 Å². The van der Waals surface area contributed by atoms with Crippen molar-refractivity contribution in [3.63, 3.8) is 0 Å². The molecule has 1 rings (SSSR count). The SMILES string of the molecule is CCCOc1ccc(C(CN(CC)CCC)NC)cc1. The van der Waals surface area contributed by atoms with Crippen molar-refractivity contribution in [1.82, 2.24) is 10.2 Å². The van der Waals surface area contributed by atoms with Crippen molar-refractivity contribution in [2.75, 3.05) is 33.3 Å². The Morgan fingerprint density at radius 2 is 1.80 bits per heavy atom. The summed E-state index contributed by atoms with van der Waals surface area (Å²) in [5.41, 5.74) is 1.32. The van der Waals surface area contributed by atoms with Crippen LogP contribution in [-0.2, 0) is 0 Å². The van der Waals surface area contributed by atoms with Gasteiger partial charge >= 0.3 is 0 Å². The first-order chi connectivity index (χ1) is 9.74. The maximum absolute atomic E-state index is 5.63. The van der Waals surface area contributed by atoms with Gasteiger partial charge in [0.2, 0.25) is 0 Å². The van der Waals surface area contributed by atoms with Crippen molar-refractivity contribution in [2.45, 2.75) is 39.7 Å². The van der Waals surface area contributed by atoms with Gasteiger partial charge in [-0.15, -0.1) is 0 Å². The molecule has 1 aromatic carbocycles. The predicted molar refractivity (Wildman–Crippen MR) is 86.4 cm³/mol. The standard InChI is InChI=1S/C17H30N2O/c1-5-12-19(7-3)14-17(18-4)15-8-10-16(11-9-15)20-13-6-2/h8-11,17-18H,5-7,12-14H2,1-4H3. The van der Waals surface area contributed by atoms with E-state index in [4.69, 9.17) is 4.74 Å². The maximum Gasteiger partial charge on any atom is 0.119 e. The second-order valence-electron chi connectivity index (χ2n) is 5.15. The molecule has 0 spiro atoms. The summed E-state index contributed by atoms with van der Waals surface area (Å²) in [5, 5.41) is 3.42. The van der Waals surface area contributed by atoms with Crippen molar-refractivity contribution >= 4 is 0 Å². The van der Waals surface area contributed by atoms with Gasteiger partial charge in [0, 0.05) is 12.6 Å². The highest BCUT2D eigenvalue weighted by molar-refractivity contribution is 5.29. The molecule has 0 aliphatic carbocycles. The van der Waals surface area contributed by atoms with Crippen molar-refractivity contribution < 1.29 is 4.74 Å². The summed E-state index contributed by atoms with van der Waals surface area (Å²) in [4.78, 5) is 2.49. The third kappa shape index (κ3) is 5.51. The summed E-state index contributed by atoms with van der Waals surface area (Å²) in [6, 6.07) is 8.87. The molecule has 0 aliphatic heterocycles. The largest absolute Gasteiger partial charge is 0.494 e. The molecule has 0 fully saturated rings. The lowest BCUT2D eigenvalue weighted by atomic mass is 10.1. The van der Waals surface area contributed by atoms with E-state index in [0.717, 1.165) is 38.4 Å². The Morgan fingerprint density at radius 3 is 2.30 bits per heavy atom. The zero-order valence-electron chi connectivity index (χ0n) is 13.5. The second-order valence-corrected chi connectivity index (χ2v) is 5.15. The summed E-state index contributed by atoms with van der Waals surface area (Å²) < 4.78 is 5.63. The fraction of sp³-hybridized carbons (Fsp3) is 0.647. The Hall–Kier alpha value is -1.06. The Balaban J connectivity index is 2.64. The third-order valence-corrected chi connectivity index (χ3v) is 3.53. The molecule has 0 saturated heterocycles. The summed E-state index contributed by atoms with van der Waals surface area (Å²) in [6.07, 6.45) is 2.25. The van der Waals surface area contributed by atoms with Crippen LogP contribution < -0.4 is 10.1 Å². The lowest BCUT2D eigenvalue weighted by Gasteiger charge is -2.26. The molecule has 1 unspecified atom stereocenters. The van der Waals surface area contributed by atoms with Gasteiger partial charge in [-0.2, -0.15) is 0 Å². The number of benzene rings is 1. The smallest absolute Gasteiger partial charge is 0.119 e. The molecule has 3 heteroatoms. The monoisotopic (exact) mass is 278 g/mol. The summed E-state index contributed by atoms with van der Waals surface area (Å²) in [5.74, 6) is 0.964. The molecule has 1 atom stereocenters. The van der Waals surface area contributed by atoms with Gasteiger partial charge in [0.15, 0.2) is 0 Å². The molecule has 0 saturated carbocycles. The van der Waals surface area contributed by atoms with Gasteiger partial charge in [0.1, 0.15) is 5.75 Å². The minimum Gasteiger partial charge on any atom is -0.494 e. The fourth-order valence-corrected chi connectivity index (χ4v) is 2.33. The van der Waals surface area contributed by atoms with Crippen LogP contribution >= 0.6 is 0 Å².